The van der Waals surface area contributed by atoms with Gasteiger partial charge in [-0.1, -0.05) is 47.5 Å². The first-order chi connectivity index (χ1) is 10.2. The minimum absolute atomic E-state index is 0.920. The number of thiocarbonyl (C=S) groups is 1. The Labute approximate surface area is 141 Å². The van der Waals surface area contributed by atoms with Crippen molar-refractivity contribution >= 4 is 33.3 Å². The van der Waals surface area contributed by atoms with Crippen LogP contribution in [0.4, 0.5) is 0 Å². The second-order valence-corrected chi connectivity index (χ2v) is 6.68. The fraction of sp³-hybridized carbons (Fsp3) is 0.562. The lowest BCUT2D eigenvalue weighted by atomic mass is 10.2. The van der Waals surface area contributed by atoms with Crippen molar-refractivity contribution in [2.45, 2.75) is 26.3 Å². The van der Waals surface area contributed by atoms with E-state index in [0.29, 0.717) is 0 Å². The van der Waals surface area contributed by atoms with Crippen molar-refractivity contribution in [2.24, 2.45) is 0 Å². The third-order valence-corrected chi connectivity index (χ3v) is 4.99. The van der Waals surface area contributed by atoms with Crippen LogP contribution in [0.15, 0.2) is 28.7 Å². The van der Waals surface area contributed by atoms with Crippen LogP contribution >= 0.6 is 28.1 Å². The SMILES string of the molecule is CCCCNC(=S)N1CCN(Cc2ccccc2Br)CC1. The van der Waals surface area contributed by atoms with Gasteiger partial charge in [-0.05, 0) is 30.3 Å². The van der Waals surface area contributed by atoms with E-state index in [1.165, 1.54) is 22.9 Å². The van der Waals surface area contributed by atoms with Crippen molar-refractivity contribution < 1.29 is 0 Å². The van der Waals surface area contributed by atoms with E-state index in [2.05, 4.69) is 62.2 Å². The van der Waals surface area contributed by atoms with Crippen LogP contribution in [0.3, 0.4) is 0 Å². The molecule has 1 aliphatic heterocycles. The second-order valence-electron chi connectivity index (χ2n) is 5.44. The summed E-state index contributed by atoms with van der Waals surface area (Å²) in [6.07, 6.45) is 2.39. The molecule has 0 radical (unpaired) electrons. The fourth-order valence-corrected chi connectivity index (χ4v) is 3.16. The number of piperazine rings is 1. The predicted octanol–water partition coefficient (Wildman–Crippen LogP) is 3.24. The summed E-state index contributed by atoms with van der Waals surface area (Å²) in [7, 11) is 0. The standard InChI is InChI=1S/C16H24BrN3S/c1-2-3-8-18-16(21)20-11-9-19(10-12-20)13-14-6-4-5-7-15(14)17/h4-7H,2-3,8-13H2,1H3,(H,18,21). The summed E-state index contributed by atoms with van der Waals surface area (Å²) < 4.78 is 1.20. The van der Waals surface area contributed by atoms with Crippen molar-refractivity contribution in [3.63, 3.8) is 0 Å². The molecule has 116 valence electrons. The van der Waals surface area contributed by atoms with Crippen LogP contribution in [-0.4, -0.2) is 47.6 Å². The molecule has 21 heavy (non-hydrogen) atoms. The summed E-state index contributed by atoms with van der Waals surface area (Å²) in [4.78, 5) is 4.78. The number of hydrogen-bond donors (Lipinski definition) is 1. The Kier molecular flexibility index (Phi) is 6.93. The molecule has 0 aromatic heterocycles. The first-order valence-corrected chi connectivity index (χ1v) is 8.89. The van der Waals surface area contributed by atoms with Gasteiger partial charge in [0.1, 0.15) is 0 Å². The van der Waals surface area contributed by atoms with Gasteiger partial charge in [-0.15, -0.1) is 0 Å². The maximum absolute atomic E-state index is 5.47. The molecule has 1 N–H and O–H groups in total. The molecule has 1 aromatic rings. The molecule has 0 saturated carbocycles. The van der Waals surface area contributed by atoms with E-state index in [-0.39, 0.29) is 0 Å². The van der Waals surface area contributed by atoms with Crippen LogP contribution < -0.4 is 5.32 Å². The van der Waals surface area contributed by atoms with Crippen LogP contribution in [-0.2, 0) is 6.54 Å². The highest BCUT2D eigenvalue weighted by Crippen LogP contribution is 2.18. The molecular weight excluding hydrogens is 346 g/mol. The molecule has 1 saturated heterocycles. The molecule has 0 amide bonds. The Morgan fingerprint density at radius 2 is 1.95 bits per heavy atom. The molecule has 1 fully saturated rings. The van der Waals surface area contributed by atoms with Crippen LogP contribution in [0.1, 0.15) is 25.3 Å². The molecule has 0 aliphatic carbocycles. The lowest BCUT2D eigenvalue weighted by Crippen LogP contribution is -2.51. The van der Waals surface area contributed by atoms with Gasteiger partial charge in [0.25, 0.3) is 0 Å². The third kappa shape index (κ3) is 5.24. The third-order valence-electron chi connectivity index (χ3n) is 3.82. The van der Waals surface area contributed by atoms with Crippen molar-refractivity contribution in [1.82, 2.24) is 15.1 Å². The van der Waals surface area contributed by atoms with Crippen LogP contribution in [0.25, 0.3) is 0 Å². The highest BCUT2D eigenvalue weighted by atomic mass is 79.9. The lowest BCUT2D eigenvalue weighted by Gasteiger charge is -2.36. The van der Waals surface area contributed by atoms with Gasteiger partial charge in [-0.3, -0.25) is 4.90 Å². The number of unbranched alkanes of at least 4 members (excludes halogenated alkanes) is 1. The number of benzene rings is 1. The van der Waals surface area contributed by atoms with Crippen molar-refractivity contribution in [2.75, 3.05) is 32.7 Å². The summed E-state index contributed by atoms with van der Waals surface area (Å²) in [6.45, 7) is 8.36. The minimum atomic E-state index is 0.920. The predicted molar refractivity (Wildman–Crippen MR) is 96.5 cm³/mol. The van der Waals surface area contributed by atoms with E-state index >= 15 is 0 Å². The molecule has 1 heterocycles. The molecular formula is C16H24BrN3S. The van der Waals surface area contributed by atoms with Crippen molar-refractivity contribution in [1.29, 1.82) is 0 Å². The number of nitrogens with one attached hydrogen (secondary N) is 1. The van der Waals surface area contributed by atoms with Crippen LogP contribution in [0.2, 0.25) is 0 Å². The van der Waals surface area contributed by atoms with Gasteiger partial charge < -0.3 is 10.2 Å². The molecule has 0 unspecified atom stereocenters. The van der Waals surface area contributed by atoms with E-state index in [0.717, 1.165) is 44.4 Å². The number of hydrogen-bond acceptors (Lipinski definition) is 2. The van der Waals surface area contributed by atoms with Gasteiger partial charge in [-0.2, -0.15) is 0 Å². The molecule has 1 aliphatic rings. The van der Waals surface area contributed by atoms with Gasteiger partial charge in [0.05, 0.1) is 0 Å². The van der Waals surface area contributed by atoms with Gasteiger partial charge in [0.2, 0.25) is 0 Å². The van der Waals surface area contributed by atoms with E-state index in [9.17, 15) is 0 Å². The van der Waals surface area contributed by atoms with Gasteiger partial charge in [-0.25, -0.2) is 0 Å². The van der Waals surface area contributed by atoms with E-state index in [4.69, 9.17) is 12.2 Å². The first kappa shape index (κ1) is 16.7. The zero-order chi connectivity index (χ0) is 15.1. The lowest BCUT2D eigenvalue weighted by molar-refractivity contribution is 0.174. The summed E-state index contributed by atoms with van der Waals surface area (Å²) in [5.74, 6) is 0. The molecule has 5 heteroatoms. The Morgan fingerprint density at radius 3 is 2.62 bits per heavy atom. The average molecular weight is 370 g/mol. The van der Waals surface area contributed by atoms with Crippen LogP contribution in [0.5, 0.6) is 0 Å². The highest BCUT2D eigenvalue weighted by Gasteiger charge is 2.19. The average Bonchev–Trinajstić information content (AvgIpc) is 2.50. The minimum Gasteiger partial charge on any atom is -0.363 e. The maximum atomic E-state index is 5.47. The van der Waals surface area contributed by atoms with Gasteiger partial charge in [0, 0.05) is 43.7 Å². The summed E-state index contributed by atoms with van der Waals surface area (Å²) in [5.41, 5.74) is 1.36. The number of halogens is 1. The maximum Gasteiger partial charge on any atom is 0.169 e. The van der Waals surface area contributed by atoms with Crippen molar-refractivity contribution in [3.05, 3.63) is 34.3 Å². The largest absolute Gasteiger partial charge is 0.363 e. The van der Waals surface area contributed by atoms with Crippen LogP contribution in [0, 0.1) is 0 Å². The summed E-state index contributed by atoms with van der Waals surface area (Å²) >= 11 is 9.09. The van der Waals surface area contributed by atoms with E-state index in [1.54, 1.807) is 0 Å². The second kappa shape index (κ2) is 8.71. The van der Waals surface area contributed by atoms with E-state index in [1.807, 2.05) is 0 Å². The molecule has 1 aromatic carbocycles. The Hall–Kier alpha value is -0.650. The fourth-order valence-electron chi connectivity index (χ4n) is 2.46. The Bertz CT molecular complexity index is 459. The first-order valence-electron chi connectivity index (χ1n) is 7.69. The topological polar surface area (TPSA) is 18.5 Å². The zero-order valence-corrected chi connectivity index (χ0v) is 15.0. The zero-order valence-electron chi connectivity index (χ0n) is 12.6. The molecule has 2 rings (SSSR count). The monoisotopic (exact) mass is 369 g/mol. The number of rotatable bonds is 5. The molecule has 0 atom stereocenters. The van der Waals surface area contributed by atoms with Gasteiger partial charge >= 0.3 is 0 Å². The molecule has 0 spiro atoms. The Balaban J connectivity index is 1.75. The van der Waals surface area contributed by atoms with Gasteiger partial charge in [0.15, 0.2) is 5.11 Å². The normalized spacial score (nSPS) is 16.0. The summed E-state index contributed by atoms with van der Waals surface area (Å²) in [5, 5.41) is 4.28. The highest BCUT2D eigenvalue weighted by molar-refractivity contribution is 9.10. The van der Waals surface area contributed by atoms with Crippen molar-refractivity contribution in [3.8, 4) is 0 Å². The summed E-state index contributed by atoms with van der Waals surface area (Å²) in [6, 6.07) is 8.46. The van der Waals surface area contributed by atoms with E-state index < -0.39 is 0 Å². The molecule has 3 nitrogen and oxygen atoms in total. The quantitative estimate of drug-likeness (QED) is 0.633. The smallest absolute Gasteiger partial charge is 0.169 e. The Morgan fingerprint density at radius 1 is 1.24 bits per heavy atom. The molecule has 0 bridgehead atoms. The number of nitrogens with zero attached hydrogens (tertiary/aromatic N) is 2.